The van der Waals surface area contributed by atoms with E-state index < -0.39 is 12.1 Å². The summed E-state index contributed by atoms with van der Waals surface area (Å²) in [6.07, 6.45) is 1.93. The third-order valence-electron chi connectivity index (χ3n) is 3.62. The van der Waals surface area contributed by atoms with Gasteiger partial charge in [0.1, 0.15) is 6.10 Å². The van der Waals surface area contributed by atoms with Gasteiger partial charge in [-0.15, -0.1) is 0 Å². The highest BCUT2D eigenvalue weighted by Crippen LogP contribution is 2.26. The Balaban J connectivity index is 2.03. The molecule has 5 heteroatoms. The van der Waals surface area contributed by atoms with E-state index >= 15 is 0 Å². The number of ether oxygens (including phenoxy) is 3. The predicted molar refractivity (Wildman–Crippen MR) is 80.1 cm³/mol. The second kappa shape index (κ2) is 8.66. The standard InChI is InChI=1S/C17H22O5/c1-20-15(19)11-10-14(18)17(13-7-3-2-4-8-13)22-16-9-5-6-12-21-16/h2-4,7-8,16-17H,5-6,9-12H2,1H3/t16?,17-/m0/s1. The zero-order valence-electron chi connectivity index (χ0n) is 12.8. The lowest BCUT2D eigenvalue weighted by Crippen LogP contribution is -2.28. The number of hydrogen-bond acceptors (Lipinski definition) is 5. The van der Waals surface area contributed by atoms with Crippen LogP contribution < -0.4 is 0 Å². The molecule has 0 bridgehead atoms. The minimum absolute atomic E-state index is 0.0630. The van der Waals surface area contributed by atoms with E-state index in [1.807, 2.05) is 30.3 Å². The average Bonchev–Trinajstić information content (AvgIpc) is 2.59. The Morgan fingerprint density at radius 2 is 2.00 bits per heavy atom. The summed E-state index contributed by atoms with van der Waals surface area (Å²) in [7, 11) is 1.31. The van der Waals surface area contributed by atoms with Crippen molar-refractivity contribution in [2.45, 2.75) is 44.5 Å². The highest BCUT2D eigenvalue weighted by Gasteiger charge is 2.27. The predicted octanol–water partition coefficient (Wildman–Crippen LogP) is 2.79. The van der Waals surface area contributed by atoms with Gasteiger partial charge in [0.05, 0.1) is 13.5 Å². The van der Waals surface area contributed by atoms with E-state index in [2.05, 4.69) is 4.74 Å². The van der Waals surface area contributed by atoms with Gasteiger partial charge in [0.2, 0.25) is 0 Å². The Morgan fingerprint density at radius 3 is 2.64 bits per heavy atom. The second-order valence-corrected chi connectivity index (χ2v) is 5.27. The van der Waals surface area contributed by atoms with Gasteiger partial charge in [-0.25, -0.2) is 0 Å². The summed E-state index contributed by atoms with van der Waals surface area (Å²) in [5.74, 6) is -0.528. The molecule has 1 heterocycles. The molecule has 0 amide bonds. The van der Waals surface area contributed by atoms with Gasteiger partial charge in [-0.05, 0) is 24.8 Å². The Kier molecular flexibility index (Phi) is 6.55. The van der Waals surface area contributed by atoms with Crippen LogP contribution in [0.5, 0.6) is 0 Å². The van der Waals surface area contributed by atoms with Crippen molar-refractivity contribution >= 4 is 11.8 Å². The first-order valence-electron chi connectivity index (χ1n) is 7.62. The first-order valence-corrected chi connectivity index (χ1v) is 7.62. The van der Waals surface area contributed by atoms with Crippen LogP contribution in [0.15, 0.2) is 30.3 Å². The van der Waals surface area contributed by atoms with Gasteiger partial charge in [-0.1, -0.05) is 30.3 Å². The number of methoxy groups -OCH3 is 1. The molecule has 1 unspecified atom stereocenters. The molecule has 1 aliphatic rings. The zero-order chi connectivity index (χ0) is 15.8. The van der Waals surface area contributed by atoms with Crippen molar-refractivity contribution < 1.29 is 23.8 Å². The van der Waals surface area contributed by atoms with Crippen LogP contribution in [0.3, 0.4) is 0 Å². The maximum Gasteiger partial charge on any atom is 0.305 e. The summed E-state index contributed by atoms with van der Waals surface area (Å²) < 4.78 is 16.0. The largest absolute Gasteiger partial charge is 0.469 e. The maximum atomic E-state index is 12.4. The monoisotopic (exact) mass is 306 g/mol. The fourth-order valence-corrected chi connectivity index (χ4v) is 2.40. The van der Waals surface area contributed by atoms with Crippen molar-refractivity contribution in [1.29, 1.82) is 0 Å². The van der Waals surface area contributed by atoms with Crippen LogP contribution in [-0.2, 0) is 23.8 Å². The fraction of sp³-hybridized carbons (Fsp3) is 0.529. The number of Topliss-reactive ketones (excluding diaryl/α,β-unsaturated/α-hetero) is 1. The fourth-order valence-electron chi connectivity index (χ4n) is 2.40. The highest BCUT2D eigenvalue weighted by atomic mass is 16.7. The number of benzene rings is 1. The van der Waals surface area contributed by atoms with Crippen LogP contribution in [0, 0.1) is 0 Å². The summed E-state index contributed by atoms with van der Waals surface area (Å²) >= 11 is 0. The topological polar surface area (TPSA) is 61.8 Å². The molecule has 0 radical (unpaired) electrons. The Labute approximate surface area is 130 Å². The average molecular weight is 306 g/mol. The van der Waals surface area contributed by atoms with Crippen molar-refractivity contribution in [3.63, 3.8) is 0 Å². The number of rotatable bonds is 7. The van der Waals surface area contributed by atoms with E-state index in [0.717, 1.165) is 24.8 Å². The van der Waals surface area contributed by atoms with Crippen molar-refractivity contribution in [2.24, 2.45) is 0 Å². The van der Waals surface area contributed by atoms with Gasteiger partial charge in [-0.3, -0.25) is 9.59 Å². The van der Waals surface area contributed by atoms with E-state index in [9.17, 15) is 9.59 Å². The van der Waals surface area contributed by atoms with E-state index in [1.165, 1.54) is 7.11 Å². The molecule has 2 rings (SSSR count). The molecule has 1 aliphatic heterocycles. The minimum atomic E-state index is -0.700. The minimum Gasteiger partial charge on any atom is -0.469 e. The molecule has 5 nitrogen and oxygen atoms in total. The van der Waals surface area contributed by atoms with Crippen LogP contribution >= 0.6 is 0 Å². The van der Waals surface area contributed by atoms with Gasteiger partial charge in [0.25, 0.3) is 0 Å². The molecule has 120 valence electrons. The summed E-state index contributed by atoms with van der Waals surface area (Å²) in [6.45, 7) is 0.655. The third kappa shape index (κ3) is 4.93. The van der Waals surface area contributed by atoms with Crippen LogP contribution in [0.4, 0.5) is 0 Å². The number of hydrogen-bond donors (Lipinski definition) is 0. The summed E-state index contributed by atoms with van der Waals surface area (Å²) in [4.78, 5) is 23.7. The lowest BCUT2D eigenvalue weighted by atomic mass is 10.0. The SMILES string of the molecule is COC(=O)CCC(=O)[C@@H](OC1CCCCO1)c1ccccc1. The van der Waals surface area contributed by atoms with E-state index in [-0.39, 0.29) is 24.9 Å². The molecule has 0 aliphatic carbocycles. The number of carbonyl (C=O) groups excluding carboxylic acids is 2. The molecule has 0 saturated carbocycles. The van der Waals surface area contributed by atoms with Crippen LogP contribution in [0.25, 0.3) is 0 Å². The number of ketones is 1. The number of esters is 1. The molecule has 1 saturated heterocycles. The Morgan fingerprint density at radius 1 is 1.23 bits per heavy atom. The molecule has 0 aromatic heterocycles. The smallest absolute Gasteiger partial charge is 0.305 e. The van der Waals surface area contributed by atoms with Crippen LogP contribution in [0.2, 0.25) is 0 Å². The molecular weight excluding hydrogens is 284 g/mol. The summed E-state index contributed by atoms with van der Waals surface area (Å²) in [6, 6.07) is 9.31. The van der Waals surface area contributed by atoms with E-state index in [1.54, 1.807) is 0 Å². The van der Waals surface area contributed by atoms with Gasteiger partial charge in [0, 0.05) is 13.0 Å². The second-order valence-electron chi connectivity index (χ2n) is 5.27. The lowest BCUT2D eigenvalue weighted by Gasteiger charge is -2.27. The van der Waals surface area contributed by atoms with Gasteiger partial charge >= 0.3 is 5.97 Å². The van der Waals surface area contributed by atoms with Crippen molar-refractivity contribution in [3.05, 3.63) is 35.9 Å². The van der Waals surface area contributed by atoms with E-state index in [0.29, 0.717) is 6.61 Å². The first-order chi connectivity index (χ1) is 10.7. The zero-order valence-corrected chi connectivity index (χ0v) is 12.8. The Bertz CT molecular complexity index is 479. The molecule has 0 N–H and O–H groups in total. The normalized spacial score (nSPS) is 19.4. The third-order valence-corrected chi connectivity index (χ3v) is 3.62. The number of carbonyl (C=O) groups is 2. The quantitative estimate of drug-likeness (QED) is 0.725. The summed E-state index contributed by atoms with van der Waals surface area (Å²) in [5, 5.41) is 0. The van der Waals surface area contributed by atoms with Crippen molar-refractivity contribution in [3.8, 4) is 0 Å². The summed E-state index contributed by atoms with van der Waals surface area (Å²) in [5.41, 5.74) is 0.784. The lowest BCUT2D eigenvalue weighted by molar-refractivity contribution is -0.193. The highest BCUT2D eigenvalue weighted by molar-refractivity contribution is 5.87. The molecule has 1 aromatic carbocycles. The van der Waals surface area contributed by atoms with Crippen LogP contribution in [0.1, 0.15) is 43.8 Å². The Hall–Kier alpha value is -1.72. The first kappa shape index (κ1) is 16.6. The van der Waals surface area contributed by atoms with Crippen molar-refractivity contribution in [2.75, 3.05) is 13.7 Å². The molecule has 0 spiro atoms. The molecular formula is C17H22O5. The molecule has 22 heavy (non-hydrogen) atoms. The van der Waals surface area contributed by atoms with Crippen molar-refractivity contribution in [1.82, 2.24) is 0 Å². The van der Waals surface area contributed by atoms with Gasteiger partial charge in [0.15, 0.2) is 12.1 Å². The molecule has 2 atom stereocenters. The van der Waals surface area contributed by atoms with Crippen LogP contribution in [-0.4, -0.2) is 31.8 Å². The van der Waals surface area contributed by atoms with Gasteiger partial charge in [-0.2, -0.15) is 0 Å². The van der Waals surface area contributed by atoms with E-state index in [4.69, 9.17) is 9.47 Å². The van der Waals surface area contributed by atoms with Gasteiger partial charge < -0.3 is 14.2 Å². The molecule has 1 aromatic rings. The molecule has 1 fully saturated rings. The maximum absolute atomic E-state index is 12.4.